The molecule has 0 aliphatic carbocycles. The normalized spacial score (nSPS) is 11.0. The molecule has 1 aromatic carbocycles. The molecule has 2 rings (SSSR count). The minimum Gasteiger partial charge on any atom is -0.478 e. The molecule has 5 heteroatoms. The van der Waals surface area contributed by atoms with Crippen LogP contribution in [0, 0.1) is 0 Å². The van der Waals surface area contributed by atoms with Gasteiger partial charge in [0, 0.05) is 6.20 Å². The first-order chi connectivity index (χ1) is 9.93. The monoisotopic (exact) mass is 284 g/mol. The Morgan fingerprint density at radius 1 is 1.10 bits per heavy atom. The third-order valence-corrected chi connectivity index (χ3v) is 3.33. The highest BCUT2D eigenvalue weighted by Gasteiger charge is 2.30. The number of rotatable bonds is 4. The highest BCUT2D eigenvalue weighted by atomic mass is 16.4. The van der Waals surface area contributed by atoms with Crippen LogP contribution in [0.5, 0.6) is 0 Å². The summed E-state index contributed by atoms with van der Waals surface area (Å²) in [5.74, 6) is -1.38. The Hall–Kier alpha value is -2.69. The van der Waals surface area contributed by atoms with E-state index in [-0.39, 0.29) is 17.3 Å². The van der Waals surface area contributed by atoms with Crippen molar-refractivity contribution in [3.63, 3.8) is 0 Å². The number of anilines is 1. The van der Waals surface area contributed by atoms with Crippen molar-refractivity contribution in [2.45, 2.75) is 19.3 Å². The number of nitrogens with one attached hydrogen (secondary N) is 1. The minimum atomic E-state index is -1.13. The van der Waals surface area contributed by atoms with E-state index >= 15 is 0 Å². The van der Waals surface area contributed by atoms with Gasteiger partial charge in [-0.05, 0) is 31.5 Å². The van der Waals surface area contributed by atoms with Crippen LogP contribution in [0.25, 0.3) is 0 Å². The lowest BCUT2D eigenvalue weighted by molar-refractivity contribution is -0.120. The highest BCUT2D eigenvalue weighted by Crippen LogP contribution is 2.25. The molecule has 2 N–H and O–H groups in total. The van der Waals surface area contributed by atoms with E-state index in [4.69, 9.17) is 5.11 Å². The molecule has 1 heterocycles. The summed E-state index contributed by atoms with van der Waals surface area (Å²) in [4.78, 5) is 27.5. The molecule has 0 unspecified atom stereocenters. The number of pyridine rings is 1. The van der Waals surface area contributed by atoms with Crippen molar-refractivity contribution in [3.05, 3.63) is 59.8 Å². The Bertz CT molecular complexity index is 666. The van der Waals surface area contributed by atoms with Crippen molar-refractivity contribution < 1.29 is 14.7 Å². The number of carbonyl (C=O) groups is 2. The van der Waals surface area contributed by atoms with Crippen molar-refractivity contribution in [1.82, 2.24) is 4.98 Å². The summed E-state index contributed by atoms with van der Waals surface area (Å²) < 4.78 is 0. The standard InChI is InChI=1S/C16H16N2O3/c1-16(2,11-7-4-3-5-8-11)15(21)18-13-12(14(19)20)9-6-10-17-13/h3-10H,1-2H3,(H,19,20)(H,17,18,21). The first-order valence-electron chi connectivity index (χ1n) is 6.48. The molecule has 0 atom stereocenters. The summed E-state index contributed by atoms with van der Waals surface area (Å²) in [6.45, 7) is 3.56. The van der Waals surface area contributed by atoms with Crippen LogP contribution in [0.1, 0.15) is 29.8 Å². The molecule has 1 amide bonds. The number of carboxylic acids is 1. The third kappa shape index (κ3) is 3.08. The second-order valence-electron chi connectivity index (χ2n) is 5.15. The maximum absolute atomic E-state index is 12.5. The van der Waals surface area contributed by atoms with Crippen LogP contribution < -0.4 is 5.32 Å². The number of benzene rings is 1. The second-order valence-corrected chi connectivity index (χ2v) is 5.15. The Kier molecular flexibility index (Phi) is 4.03. The summed E-state index contributed by atoms with van der Waals surface area (Å²) in [7, 11) is 0. The molecule has 21 heavy (non-hydrogen) atoms. The van der Waals surface area contributed by atoms with Crippen LogP contribution in [0.4, 0.5) is 5.82 Å². The van der Waals surface area contributed by atoms with Gasteiger partial charge in [0.1, 0.15) is 11.4 Å². The van der Waals surface area contributed by atoms with Crippen LogP contribution in [0.2, 0.25) is 0 Å². The Labute approximate surface area is 122 Å². The van der Waals surface area contributed by atoms with Crippen molar-refractivity contribution in [2.24, 2.45) is 0 Å². The fraction of sp³-hybridized carbons (Fsp3) is 0.188. The molecule has 0 radical (unpaired) electrons. The SMILES string of the molecule is CC(C)(C(=O)Nc1ncccc1C(=O)O)c1ccccc1. The molecule has 5 nitrogen and oxygen atoms in total. The van der Waals surface area contributed by atoms with E-state index in [0.717, 1.165) is 5.56 Å². The number of amides is 1. The number of carboxylic acid groups (broad SMARTS) is 1. The first kappa shape index (κ1) is 14.7. The van der Waals surface area contributed by atoms with Crippen molar-refractivity contribution in [1.29, 1.82) is 0 Å². The van der Waals surface area contributed by atoms with Crippen molar-refractivity contribution in [2.75, 3.05) is 5.32 Å². The Morgan fingerprint density at radius 3 is 2.38 bits per heavy atom. The number of nitrogens with zero attached hydrogens (tertiary/aromatic N) is 1. The molecule has 2 aromatic rings. The van der Waals surface area contributed by atoms with Gasteiger partial charge in [0.05, 0.1) is 5.41 Å². The predicted octanol–water partition coefficient (Wildman–Crippen LogP) is 2.70. The quantitative estimate of drug-likeness (QED) is 0.904. The summed E-state index contributed by atoms with van der Waals surface area (Å²) in [5, 5.41) is 11.7. The van der Waals surface area contributed by atoms with E-state index in [1.165, 1.54) is 18.3 Å². The predicted molar refractivity (Wildman–Crippen MR) is 79.3 cm³/mol. The first-order valence-corrected chi connectivity index (χ1v) is 6.48. The number of carbonyl (C=O) groups excluding carboxylic acids is 1. The van der Waals surface area contributed by atoms with Gasteiger partial charge in [-0.15, -0.1) is 0 Å². The molecule has 0 spiro atoms. The molecule has 108 valence electrons. The zero-order valence-electron chi connectivity index (χ0n) is 11.8. The average Bonchev–Trinajstić information content (AvgIpc) is 2.48. The molecule has 1 aromatic heterocycles. The van der Waals surface area contributed by atoms with Crippen molar-refractivity contribution in [3.8, 4) is 0 Å². The maximum Gasteiger partial charge on any atom is 0.339 e. The van der Waals surface area contributed by atoms with Gasteiger partial charge in [0.2, 0.25) is 5.91 Å². The lowest BCUT2D eigenvalue weighted by Gasteiger charge is -2.24. The van der Waals surface area contributed by atoms with Gasteiger partial charge >= 0.3 is 5.97 Å². The third-order valence-electron chi connectivity index (χ3n) is 3.33. The molecule has 0 aliphatic rings. The lowest BCUT2D eigenvalue weighted by atomic mass is 9.84. The van der Waals surface area contributed by atoms with Gasteiger partial charge in [-0.1, -0.05) is 30.3 Å². The summed E-state index contributed by atoms with van der Waals surface area (Å²) in [6.07, 6.45) is 1.44. The van der Waals surface area contributed by atoms with Crippen LogP contribution in [-0.4, -0.2) is 22.0 Å². The lowest BCUT2D eigenvalue weighted by Crippen LogP contribution is -2.35. The minimum absolute atomic E-state index is 0.0327. The molecule has 0 fully saturated rings. The van der Waals surface area contributed by atoms with E-state index in [1.807, 2.05) is 30.3 Å². The zero-order valence-corrected chi connectivity index (χ0v) is 11.8. The molecular weight excluding hydrogens is 268 g/mol. The van der Waals surface area contributed by atoms with E-state index in [1.54, 1.807) is 13.8 Å². The fourth-order valence-electron chi connectivity index (χ4n) is 1.93. The Morgan fingerprint density at radius 2 is 1.76 bits per heavy atom. The van der Waals surface area contributed by atoms with Crippen LogP contribution in [-0.2, 0) is 10.2 Å². The van der Waals surface area contributed by atoms with Gasteiger partial charge in [-0.25, -0.2) is 9.78 Å². The molecular formula is C16H16N2O3. The van der Waals surface area contributed by atoms with E-state index in [9.17, 15) is 9.59 Å². The number of hydrogen-bond donors (Lipinski definition) is 2. The van der Waals surface area contributed by atoms with Gasteiger partial charge < -0.3 is 10.4 Å². The topological polar surface area (TPSA) is 79.3 Å². The second kappa shape index (κ2) is 5.75. The zero-order chi connectivity index (χ0) is 15.5. The van der Waals surface area contributed by atoms with E-state index in [2.05, 4.69) is 10.3 Å². The molecule has 0 saturated carbocycles. The van der Waals surface area contributed by atoms with E-state index in [0.29, 0.717) is 0 Å². The smallest absolute Gasteiger partial charge is 0.339 e. The number of aromatic nitrogens is 1. The molecule has 0 aliphatic heterocycles. The number of aromatic carboxylic acids is 1. The van der Waals surface area contributed by atoms with Gasteiger partial charge in [0.25, 0.3) is 0 Å². The van der Waals surface area contributed by atoms with Crippen molar-refractivity contribution >= 4 is 17.7 Å². The molecule has 0 bridgehead atoms. The number of hydrogen-bond acceptors (Lipinski definition) is 3. The van der Waals surface area contributed by atoms with Crippen LogP contribution in [0.15, 0.2) is 48.7 Å². The fourth-order valence-corrected chi connectivity index (χ4v) is 1.93. The summed E-state index contributed by atoms with van der Waals surface area (Å²) in [6, 6.07) is 12.2. The van der Waals surface area contributed by atoms with E-state index < -0.39 is 11.4 Å². The highest BCUT2D eigenvalue weighted by molar-refractivity contribution is 6.02. The van der Waals surface area contributed by atoms with Gasteiger partial charge in [-0.2, -0.15) is 0 Å². The maximum atomic E-state index is 12.5. The average molecular weight is 284 g/mol. The Balaban J connectivity index is 2.28. The van der Waals surface area contributed by atoms with Crippen LogP contribution >= 0.6 is 0 Å². The van der Waals surface area contributed by atoms with Gasteiger partial charge in [0.15, 0.2) is 0 Å². The summed E-state index contributed by atoms with van der Waals surface area (Å²) >= 11 is 0. The largest absolute Gasteiger partial charge is 0.478 e. The molecule has 0 saturated heterocycles. The summed E-state index contributed by atoms with van der Waals surface area (Å²) in [5.41, 5.74) is 0.0131. The van der Waals surface area contributed by atoms with Crippen LogP contribution in [0.3, 0.4) is 0 Å². The van der Waals surface area contributed by atoms with Gasteiger partial charge in [-0.3, -0.25) is 4.79 Å².